The van der Waals surface area contributed by atoms with Gasteiger partial charge in [-0.25, -0.2) is 0 Å². The van der Waals surface area contributed by atoms with Crippen LogP contribution in [0.15, 0.2) is 0 Å². The van der Waals surface area contributed by atoms with Gasteiger partial charge < -0.3 is 44.8 Å². The molecule has 6 saturated heterocycles. The van der Waals surface area contributed by atoms with Crippen LogP contribution in [-0.4, -0.2) is 99.4 Å². The van der Waals surface area contributed by atoms with Gasteiger partial charge in [0, 0.05) is 17.8 Å². The minimum Gasteiger partial charge on any atom is -0.390 e. The standard InChI is InChI=1S/3C15H26O3/c3*1-12(2)6-5-7-14(4,17)15-9-8-13(3,18-15)11(16)10(12)15/h3*10-11,16-17H,5-9H2,1-4H3/t3*10-,11+,13-,14-,15+/m111/s1. The molecule has 15 atom stereocenters. The van der Waals surface area contributed by atoms with E-state index in [0.29, 0.717) is 0 Å². The van der Waals surface area contributed by atoms with Crippen LogP contribution in [0.1, 0.15) is 179 Å². The summed E-state index contributed by atoms with van der Waals surface area (Å²) in [6, 6.07) is 0. The van der Waals surface area contributed by atoms with Gasteiger partial charge in [-0.15, -0.1) is 0 Å². The Hall–Kier alpha value is -0.360. The summed E-state index contributed by atoms with van der Waals surface area (Å²) in [6.45, 7) is 25.1. The molecule has 0 aromatic carbocycles. The first kappa shape index (κ1) is 41.8. The third-order valence-corrected chi connectivity index (χ3v) is 18.3. The molecule has 54 heavy (non-hydrogen) atoms. The lowest BCUT2D eigenvalue weighted by molar-refractivity contribution is -0.180. The number of hydrogen-bond donors (Lipinski definition) is 6. The molecule has 9 heteroatoms. The maximum atomic E-state index is 10.9. The Morgan fingerprint density at radius 3 is 0.778 bits per heavy atom. The first-order valence-corrected chi connectivity index (χ1v) is 21.8. The maximum Gasteiger partial charge on any atom is 0.103 e. The third-order valence-electron chi connectivity index (χ3n) is 18.3. The van der Waals surface area contributed by atoms with Gasteiger partial charge in [-0.05, 0) is 154 Å². The van der Waals surface area contributed by atoms with E-state index in [9.17, 15) is 30.6 Å². The zero-order valence-electron chi connectivity index (χ0n) is 36.0. The van der Waals surface area contributed by atoms with Crippen molar-refractivity contribution in [2.24, 2.45) is 34.0 Å². The molecule has 0 unspecified atom stereocenters. The third kappa shape index (κ3) is 5.47. The topological polar surface area (TPSA) is 149 Å². The quantitative estimate of drug-likeness (QED) is 0.158. The largest absolute Gasteiger partial charge is 0.390 e. The molecule has 9 rings (SSSR count). The molecule has 6 N–H and O–H groups in total. The fourth-order valence-electron chi connectivity index (χ4n) is 15.0. The lowest BCUT2D eigenvalue weighted by atomic mass is 9.58. The van der Waals surface area contributed by atoms with Gasteiger partial charge >= 0.3 is 0 Å². The Balaban J connectivity index is 0.000000125. The summed E-state index contributed by atoms with van der Waals surface area (Å²) in [7, 11) is 0. The van der Waals surface area contributed by atoms with E-state index in [-0.39, 0.29) is 34.0 Å². The number of aliphatic hydroxyl groups excluding tert-OH is 3. The highest BCUT2D eigenvalue weighted by Crippen LogP contribution is 2.68. The second-order valence-corrected chi connectivity index (χ2v) is 23.5. The van der Waals surface area contributed by atoms with Gasteiger partial charge in [0.05, 0.1) is 51.9 Å². The van der Waals surface area contributed by atoms with Crippen LogP contribution in [0.2, 0.25) is 0 Å². The van der Waals surface area contributed by atoms with Crippen LogP contribution in [0.3, 0.4) is 0 Å². The molecule has 6 bridgehead atoms. The van der Waals surface area contributed by atoms with Gasteiger partial charge in [-0.3, -0.25) is 0 Å². The van der Waals surface area contributed by atoms with E-state index < -0.39 is 68.7 Å². The summed E-state index contributed by atoms with van der Waals surface area (Å²) in [5, 5.41) is 65.0. The fourth-order valence-corrected chi connectivity index (χ4v) is 15.0. The first-order chi connectivity index (χ1) is 24.4. The van der Waals surface area contributed by atoms with Crippen LogP contribution in [-0.2, 0) is 14.2 Å². The zero-order chi connectivity index (χ0) is 40.2. The average molecular weight is 763 g/mol. The molecule has 6 aliphatic heterocycles. The summed E-state index contributed by atoms with van der Waals surface area (Å²) in [4.78, 5) is 0. The van der Waals surface area contributed by atoms with Gasteiger partial charge in [0.1, 0.15) is 16.8 Å². The predicted octanol–water partition coefficient (Wildman–Crippen LogP) is 6.74. The lowest BCUT2D eigenvalue weighted by Crippen LogP contribution is -2.59. The van der Waals surface area contributed by atoms with Crippen LogP contribution in [0.4, 0.5) is 0 Å². The second kappa shape index (κ2) is 12.1. The van der Waals surface area contributed by atoms with Crippen molar-refractivity contribution in [3.63, 3.8) is 0 Å². The molecular formula is C45H78O9. The molecule has 9 aliphatic rings. The van der Waals surface area contributed by atoms with Crippen LogP contribution in [0, 0.1) is 34.0 Å². The highest BCUT2D eigenvalue weighted by atomic mass is 16.6. The average Bonchev–Trinajstić information content (AvgIpc) is 3.80. The minimum absolute atomic E-state index is 0.0259. The number of ether oxygens (including phenoxy) is 3. The maximum absolute atomic E-state index is 10.9. The van der Waals surface area contributed by atoms with Crippen molar-refractivity contribution < 1.29 is 44.8 Å². The molecule has 9 nitrogen and oxygen atoms in total. The van der Waals surface area contributed by atoms with E-state index in [4.69, 9.17) is 14.2 Å². The summed E-state index contributed by atoms with van der Waals surface area (Å²) in [5.41, 5.74) is -5.37. The predicted molar refractivity (Wildman–Crippen MR) is 208 cm³/mol. The smallest absolute Gasteiger partial charge is 0.103 e. The molecule has 9 fully saturated rings. The molecule has 0 radical (unpaired) electrons. The van der Waals surface area contributed by atoms with Crippen molar-refractivity contribution in [1.29, 1.82) is 0 Å². The lowest BCUT2D eigenvalue weighted by Gasteiger charge is -2.48. The summed E-state index contributed by atoms with van der Waals surface area (Å²) >= 11 is 0. The number of rotatable bonds is 0. The van der Waals surface area contributed by atoms with Gasteiger partial charge in [0.25, 0.3) is 0 Å². The molecule has 3 spiro atoms. The number of fused-ring (bicyclic) bond motifs is 3. The van der Waals surface area contributed by atoms with Gasteiger partial charge in [-0.1, -0.05) is 41.5 Å². The molecule has 312 valence electrons. The monoisotopic (exact) mass is 763 g/mol. The second-order valence-electron chi connectivity index (χ2n) is 23.5. The van der Waals surface area contributed by atoms with E-state index in [0.717, 1.165) is 96.3 Å². The number of aliphatic hydroxyl groups is 6. The Kier molecular flexibility index (Phi) is 9.38. The van der Waals surface area contributed by atoms with Crippen LogP contribution in [0.5, 0.6) is 0 Å². The Morgan fingerprint density at radius 2 is 0.556 bits per heavy atom. The van der Waals surface area contributed by atoms with Crippen molar-refractivity contribution in [3.8, 4) is 0 Å². The normalized spacial score (nSPS) is 58.3. The molecule has 0 amide bonds. The molecular weight excluding hydrogens is 684 g/mol. The highest BCUT2D eigenvalue weighted by Gasteiger charge is 2.76. The SMILES string of the molecule is CC1(C)CCC[C@@](C)(O)[C@@]23CC[C@@](C)(O2)[C@@H](O)[C@H]13.CC1(C)CCC[C@@](C)(O)[C@@]23CC[C@@](C)(O2)[C@@H](O)[C@H]13.CC1(C)CCC[C@@](C)(O)[C@@]23CC[C@@](C)(O2)[C@@H](O)[C@H]13. The van der Waals surface area contributed by atoms with Crippen molar-refractivity contribution in [2.75, 3.05) is 0 Å². The van der Waals surface area contributed by atoms with E-state index >= 15 is 0 Å². The summed E-state index contributed by atoms with van der Waals surface area (Å²) < 4.78 is 18.9. The summed E-state index contributed by atoms with van der Waals surface area (Å²) in [5.74, 6) is 0.128. The van der Waals surface area contributed by atoms with E-state index in [1.165, 1.54) is 0 Å². The fraction of sp³-hybridized carbons (Fsp3) is 1.00. The van der Waals surface area contributed by atoms with Crippen molar-refractivity contribution in [2.45, 2.75) is 248 Å². The van der Waals surface area contributed by atoms with Crippen molar-refractivity contribution >= 4 is 0 Å². The van der Waals surface area contributed by atoms with E-state index in [2.05, 4.69) is 41.5 Å². The first-order valence-electron chi connectivity index (χ1n) is 21.8. The van der Waals surface area contributed by atoms with Crippen molar-refractivity contribution in [3.05, 3.63) is 0 Å². The van der Waals surface area contributed by atoms with Crippen LogP contribution < -0.4 is 0 Å². The van der Waals surface area contributed by atoms with Gasteiger partial charge in [-0.2, -0.15) is 0 Å². The zero-order valence-corrected chi connectivity index (χ0v) is 36.0. The van der Waals surface area contributed by atoms with Crippen molar-refractivity contribution in [1.82, 2.24) is 0 Å². The van der Waals surface area contributed by atoms with Gasteiger partial charge in [0.15, 0.2) is 0 Å². The Morgan fingerprint density at radius 1 is 0.333 bits per heavy atom. The Labute approximate surface area is 326 Å². The number of hydrogen-bond acceptors (Lipinski definition) is 9. The van der Waals surface area contributed by atoms with E-state index in [1.807, 2.05) is 41.5 Å². The molecule has 6 heterocycles. The molecule has 3 saturated carbocycles. The van der Waals surface area contributed by atoms with Crippen LogP contribution in [0.25, 0.3) is 0 Å². The van der Waals surface area contributed by atoms with Crippen LogP contribution >= 0.6 is 0 Å². The molecule has 0 aromatic rings. The Bertz CT molecular complexity index is 1300. The molecule has 3 aliphatic carbocycles. The minimum atomic E-state index is -0.819. The van der Waals surface area contributed by atoms with Gasteiger partial charge in [0.2, 0.25) is 0 Å². The summed E-state index contributed by atoms with van der Waals surface area (Å²) in [6.07, 6.45) is 12.3. The highest BCUT2D eigenvalue weighted by molar-refractivity contribution is 5.25. The molecule has 0 aromatic heterocycles. The van der Waals surface area contributed by atoms with E-state index in [1.54, 1.807) is 0 Å².